The number of aromatic nitrogens is 2. The van der Waals surface area contributed by atoms with E-state index in [1.807, 2.05) is 34.4 Å². The fourth-order valence-electron chi connectivity index (χ4n) is 3.85. The minimum Gasteiger partial charge on any atom is -0.465 e. The predicted octanol–water partition coefficient (Wildman–Crippen LogP) is 0.609. The van der Waals surface area contributed by atoms with Crippen molar-refractivity contribution in [2.24, 2.45) is 12.5 Å². The van der Waals surface area contributed by atoms with Gasteiger partial charge in [0.05, 0.1) is 18.8 Å². The molecule has 0 radical (unpaired) electrons. The van der Waals surface area contributed by atoms with Gasteiger partial charge in [0.25, 0.3) is 5.56 Å². The Bertz CT molecular complexity index is 744. The molecule has 10 heteroatoms. The molecule has 1 amide bonds. The molecular formula is C15H22IN5O4. The number of rotatable bonds is 2. The molecule has 4 N–H and O–H groups in total. The number of nitrogen functional groups attached to an aromatic ring is 1. The van der Waals surface area contributed by atoms with E-state index in [1.54, 1.807) is 7.05 Å². The van der Waals surface area contributed by atoms with Gasteiger partial charge < -0.3 is 25.8 Å². The number of halogens is 1. The summed E-state index contributed by atoms with van der Waals surface area (Å²) in [4.78, 5) is 29.8. The molecule has 9 nitrogen and oxygen atoms in total. The second-order valence-electron chi connectivity index (χ2n) is 6.77. The number of ether oxygens (including phenoxy) is 1. The lowest BCUT2D eigenvalue weighted by molar-refractivity contribution is 0.0970. The van der Waals surface area contributed by atoms with Crippen molar-refractivity contribution in [1.29, 1.82) is 0 Å². The molecule has 0 unspecified atom stereocenters. The van der Waals surface area contributed by atoms with Crippen molar-refractivity contribution in [1.82, 2.24) is 14.9 Å². The third-order valence-electron chi connectivity index (χ3n) is 5.32. The van der Waals surface area contributed by atoms with E-state index in [0.29, 0.717) is 29.2 Å². The quantitative estimate of drug-likeness (QED) is 0.550. The van der Waals surface area contributed by atoms with Crippen LogP contribution in [0.3, 0.4) is 0 Å². The molecule has 2 atom stereocenters. The number of carbonyl (C=O) groups is 1. The van der Waals surface area contributed by atoms with Crippen LogP contribution < -0.4 is 21.5 Å². The van der Waals surface area contributed by atoms with Gasteiger partial charge in [0.1, 0.15) is 9.39 Å². The number of hydrogen-bond acceptors (Lipinski definition) is 6. The van der Waals surface area contributed by atoms with Crippen molar-refractivity contribution in [3.8, 4) is 0 Å². The largest absolute Gasteiger partial charge is 0.465 e. The number of amides is 1. The third kappa shape index (κ3) is 3.16. The zero-order valence-corrected chi connectivity index (χ0v) is 16.3. The van der Waals surface area contributed by atoms with E-state index in [-0.39, 0.29) is 28.9 Å². The topological polar surface area (TPSA) is 123 Å². The van der Waals surface area contributed by atoms with Crippen molar-refractivity contribution in [3.63, 3.8) is 0 Å². The molecule has 1 aromatic rings. The highest BCUT2D eigenvalue weighted by Crippen LogP contribution is 2.42. The van der Waals surface area contributed by atoms with Gasteiger partial charge >= 0.3 is 6.09 Å². The maximum atomic E-state index is 12.2. The summed E-state index contributed by atoms with van der Waals surface area (Å²) in [7, 11) is 1.69. The summed E-state index contributed by atoms with van der Waals surface area (Å²) in [6.45, 7) is 3.75. The smallest absolute Gasteiger partial charge is 0.404 e. The van der Waals surface area contributed by atoms with Crippen molar-refractivity contribution in [2.45, 2.75) is 31.9 Å². The van der Waals surface area contributed by atoms with Gasteiger partial charge in [0.15, 0.2) is 0 Å². The fraction of sp³-hybridized carbons (Fsp3) is 0.667. The monoisotopic (exact) mass is 463 g/mol. The summed E-state index contributed by atoms with van der Waals surface area (Å²) >= 11 is 1.90. The molecule has 1 spiro atoms. The van der Waals surface area contributed by atoms with Gasteiger partial charge in [-0.1, -0.05) is 0 Å². The number of nitrogens with two attached hydrogens (primary N) is 1. The molecule has 2 saturated heterocycles. The van der Waals surface area contributed by atoms with E-state index >= 15 is 0 Å². The summed E-state index contributed by atoms with van der Waals surface area (Å²) in [5.41, 5.74) is 5.47. The zero-order valence-electron chi connectivity index (χ0n) is 14.2. The number of carboxylic acid groups (broad SMARTS) is 1. The lowest BCUT2D eigenvalue weighted by Gasteiger charge is -2.42. The van der Waals surface area contributed by atoms with Crippen LogP contribution in [0.15, 0.2) is 4.79 Å². The van der Waals surface area contributed by atoms with Crippen molar-refractivity contribution < 1.29 is 14.6 Å². The second kappa shape index (κ2) is 6.63. The standard InChI is InChI=1S/C15H22IN5O4/c1-8-10(18-14(23)24)15(7-25-8)3-5-21(6-4-15)13-19-11(17)9(16)12(22)20(13)2/h8,10,18H,3-7,17H2,1-2H3,(H,23,24)/t8-,10+/m0/s1. The summed E-state index contributed by atoms with van der Waals surface area (Å²) in [6.07, 6.45) is 0.325. The van der Waals surface area contributed by atoms with Crippen LogP contribution in [-0.2, 0) is 11.8 Å². The van der Waals surface area contributed by atoms with Gasteiger partial charge in [0, 0.05) is 25.6 Å². The Morgan fingerprint density at radius 2 is 2.12 bits per heavy atom. The van der Waals surface area contributed by atoms with E-state index in [4.69, 9.17) is 15.6 Å². The lowest BCUT2D eigenvalue weighted by Crippen LogP contribution is -2.54. The maximum absolute atomic E-state index is 12.2. The highest BCUT2D eigenvalue weighted by Gasteiger charge is 2.50. The van der Waals surface area contributed by atoms with Crippen LogP contribution in [-0.4, -0.2) is 52.6 Å². The molecular weight excluding hydrogens is 441 g/mol. The Morgan fingerprint density at radius 1 is 1.48 bits per heavy atom. The molecule has 2 aliphatic heterocycles. The first kappa shape index (κ1) is 18.2. The number of anilines is 2. The van der Waals surface area contributed by atoms with Crippen LogP contribution in [0, 0.1) is 8.99 Å². The Hall–Kier alpha value is -1.56. The summed E-state index contributed by atoms with van der Waals surface area (Å²) < 4.78 is 7.67. The summed E-state index contributed by atoms with van der Waals surface area (Å²) in [5, 5.41) is 11.7. The molecule has 25 heavy (non-hydrogen) atoms. The van der Waals surface area contributed by atoms with E-state index in [0.717, 1.165) is 12.8 Å². The minimum absolute atomic E-state index is 0.154. The Labute approximate surface area is 158 Å². The fourth-order valence-corrected chi connectivity index (χ4v) is 4.34. The first-order valence-corrected chi connectivity index (χ1v) is 9.21. The van der Waals surface area contributed by atoms with E-state index < -0.39 is 6.09 Å². The number of hydrogen-bond donors (Lipinski definition) is 3. The predicted molar refractivity (Wildman–Crippen MR) is 101 cm³/mol. The average molecular weight is 463 g/mol. The number of nitrogens with one attached hydrogen (secondary N) is 1. The first-order chi connectivity index (χ1) is 11.7. The van der Waals surface area contributed by atoms with Gasteiger partial charge in [0.2, 0.25) is 5.95 Å². The zero-order chi connectivity index (χ0) is 18.4. The van der Waals surface area contributed by atoms with Gasteiger partial charge in [-0.25, -0.2) is 4.79 Å². The summed E-state index contributed by atoms with van der Waals surface area (Å²) in [6, 6.07) is -0.231. The van der Waals surface area contributed by atoms with Gasteiger partial charge in [-0.2, -0.15) is 4.98 Å². The molecule has 3 rings (SSSR count). The van der Waals surface area contributed by atoms with Crippen molar-refractivity contribution in [3.05, 3.63) is 13.9 Å². The van der Waals surface area contributed by atoms with Crippen LogP contribution in [0.2, 0.25) is 0 Å². The Balaban J connectivity index is 1.80. The Morgan fingerprint density at radius 3 is 2.72 bits per heavy atom. The summed E-state index contributed by atoms with van der Waals surface area (Å²) in [5.74, 6) is 0.787. The van der Waals surface area contributed by atoms with Crippen molar-refractivity contribution >= 4 is 40.5 Å². The maximum Gasteiger partial charge on any atom is 0.404 e. The van der Waals surface area contributed by atoms with Gasteiger partial charge in [-0.05, 0) is 42.4 Å². The van der Waals surface area contributed by atoms with E-state index in [1.165, 1.54) is 4.57 Å². The molecule has 138 valence electrons. The normalized spacial score (nSPS) is 25.3. The lowest BCUT2D eigenvalue weighted by atomic mass is 9.73. The molecule has 2 aliphatic rings. The molecule has 0 aromatic carbocycles. The van der Waals surface area contributed by atoms with Crippen LogP contribution in [0.5, 0.6) is 0 Å². The van der Waals surface area contributed by atoms with Crippen LogP contribution >= 0.6 is 22.6 Å². The number of piperidine rings is 1. The molecule has 0 saturated carbocycles. The van der Waals surface area contributed by atoms with E-state index in [2.05, 4.69) is 10.3 Å². The molecule has 3 heterocycles. The van der Waals surface area contributed by atoms with E-state index in [9.17, 15) is 9.59 Å². The van der Waals surface area contributed by atoms with Gasteiger partial charge in [-0.3, -0.25) is 9.36 Å². The highest BCUT2D eigenvalue weighted by molar-refractivity contribution is 14.1. The van der Waals surface area contributed by atoms with Gasteiger partial charge in [-0.15, -0.1) is 0 Å². The second-order valence-corrected chi connectivity index (χ2v) is 7.85. The molecule has 2 fully saturated rings. The highest BCUT2D eigenvalue weighted by atomic mass is 127. The average Bonchev–Trinajstić information content (AvgIpc) is 2.86. The molecule has 1 aromatic heterocycles. The third-order valence-corrected chi connectivity index (χ3v) is 6.34. The SMILES string of the molecule is C[C@@H]1OCC2(CCN(c3nc(N)c(I)c(=O)n3C)CC2)[C@@H]1NC(=O)O. The molecule has 0 aliphatic carbocycles. The van der Waals surface area contributed by atoms with Crippen LogP contribution in [0.1, 0.15) is 19.8 Å². The Kier molecular flexibility index (Phi) is 4.84. The first-order valence-electron chi connectivity index (χ1n) is 8.13. The van der Waals surface area contributed by atoms with Crippen LogP contribution in [0.25, 0.3) is 0 Å². The van der Waals surface area contributed by atoms with Crippen LogP contribution in [0.4, 0.5) is 16.6 Å². The number of nitrogens with zero attached hydrogens (tertiary/aromatic N) is 3. The minimum atomic E-state index is -1.03. The van der Waals surface area contributed by atoms with Crippen molar-refractivity contribution in [2.75, 3.05) is 30.3 Å². The molecule has 0 bridgehead atoms.